The fraction of sp³-hybridized carbons (Fsp3) is 0.167. The van der Waals surface area contributed by atoms with Crippen LogP contribution in [0, 0.1) is 0 Å². The molecule has 6 heteroatoms. The standard InChI is InChI=1S/C18H15ClO5/c1-2-22-18(21)24-17-15(20)13-5-3-4-6-14(13)23-16(17)11-7-9-12(19)10-8-11/h3-10,18,21H,2H2,1H3. The molecule has 0 bridgehead atoms. The summed E-state index contributed by atoms with van der Waals surface area (Å²) in [4.78, 5) is 12.8. The number of benzene rings is 2. The van der Waals surface area contributed by atoms with Crippen LogP contribution in [0.1, 0.15) is 6.92 Å². The van der Waals surface area contributed by atoms with E-state index in [1.165, 1.54) is 0 Å². The van der Waals surface area contributed by atoms with Crippen LogP contribution in [-0.2, 0) is 4.74 Å². The van der Waals surface area contributed by atoms with Crippen LogP contribution in [0.25, 0.3) is 22.3 Å². The Hall–Kier alpha value is -2.34. The number of fused-ring (bicyclic) bond motifs is 1. The van der Waals surface area contributed by atoms with Crippen LogP contribution in [0.4, 0.5) is 0 Å². The minimum atomic E-state index is -1.56. The van der Waals surface area contributed by atoms with Gasteiger partial charge in [-0.3, -0.25) is 4.79 Å². The molecule has 1 aromatic heterocycles. The molecule has 0 aliphatic carbocycles. The molecule has 3 aromatic rings. The number of halogens is 1. The Morgan fingerprint density at radius 1 is 1.17 bits per heavy atom. The first-order valence-corrected chi connectivity index (χ1v) is 7.76. The lowest BCUT2D eigenvalue weighted by atomic mass is 10.1. The average molecular weight is 347 g/mol. The Balaban J connectivity index is 2.21. The summed E-state index contributed by atoms with van der Waals surface area (Å²) in [5, 5.41) is 10.7. The van der Waals surface area contributed by atoms with Crippen molar-refractivity contribution in [3.63, 3.8) is 0 Å². The maximum Gasteiger partial charge on any atom is 0.313 e. The zero-order valence-electron chi connectivity index (χ0n) is 12.9. The number of rotatable bonds is 5. The number of hydrogen-bond donors (Lipinski definition) is 1. The van der Waals surface area contributed by atoms with Gasteiger partial charge in [-0.15, -0.1) is 0 Å². The third-order valence-corrected chi connectivity index (χ3v) is 3.64. The highest BCUT2D eigenvalue weighted by molar-refractivity contribution is 6.30. The minimum absolute atomic E-state index is 0.114. The second kappa shape index (κ2) is 7.05. The third-order valence-electron chi connectivity index (χ3n) is 3.39. The fourth-order valence-corrected chi connectivity index (χ4v) is 2.43. The highest BCUT2D eigenvalue weighted by Crippen LogP contribution is 2.32. The molecule has 24 heavy (non-hydrogen) atoms. The first-order valence-electron chi connectivity index (χ1n) is 7.38. The average Bonchev–Trinajstić information content (AvgIpc) is 2.58. The Labute approximate surface area is 143 Å². The van der Waals surface area contributed by atoms with E-state index in [9.17, 15) is 9.90 Å². The molecule has 0 spiro atoms. The van der Waals surface area contributed by atoms with Crippen LogP contribution in [-0.4, -0.2) is 18.2 Å². The van der Waals surface area contributed by atoms with Gasteiger partial charge in [0.25, 0.3) is 0 Å². The molecule has 0 saturated heterocycles. The monoisotopic (exact) mass is 346 g/mol. The zero-order valence-corrected chi connectivity index (χ0v) is 13.6. The van der Waals surface area contributed by atoms with E-state index in [2.05, 4.69) is 0 Å². The van der Waals surface area contributed by atoms with Crippen molar-refractivity contribution < 1.29 is 19.0 Å². The van der Waals surface area contributed by atoms with Crippen LogP contribution in [0.2, 0.25) is 5.02 Å². The van der Waals surface area contributed by atoms with Crippen LogP contribution >= 0.6 is 11.6 Å². The minimum Gasteiger partial charge on any atom is -0.452 e. The molecule has 0 saturated carbocycles. The van der Waals surface area contributed by atoms with E-state index in [1.807, 2.05) is 0 Å². The van der Waals surface area contributed by atoms with E-state index in [0.717, 1.165) is 0 Å². The summed E-state index contributed by atoms with van der Waals surface area (Å²) in [6, 6.07) is 13.6. The van der Waals surface area contributed by atoms with Crippen molar-refractivity contribution in [2.45, 2.75) is 13.4 Å². The van der Waals surface area contributed by atoms with Gasteiger partial charge in [0, 0.05) is 10.6 Å². The summed E-state index contributed by atoms with van der Waals surface area (Å²) in [7, 11) is 0. The summed E-state index contributed by atoms with van der Waals surface area (Å²) in [6.45, 7) is 0.372. The molecule has 0 fully saturated rings. The van der Waals surface area contributed by atoms with E-state index >= 15 is 0 Å². The largest absolute Gasteiger partial charge is 0.452 e. The van der Waals surface area contributed by atoms with E-state index in [0.29, 0.717) is 21.6 Å². The Kier molecular flexibility index (Phi) is 4.85. The highest BCUT2D eigenvalue weighted by atomic mass is 35.5. The topological polar surface area (TPSA) is 68.9 Å². The van der Waals surface area contributed by atoms with E-state index in [1.54, 1.807) is 55.5 Å². The van der Waals surface area contributed by atoms with Crippen molar-refractivity contribution >= 4 is 22.6 Å². The highest BCUT2D eigenvalue weighted by Gasteiger charge is 2.20. The van der Waals surface area contributed by atoms with Crippen molar-refractivity contribution in [1.82, 2.24) is 0 Å². The normalized spacial score (nSPS) is 12.3. The van der Waals surface area contributed by atoms with Gasteiger partial charge < -0.3 is 19.0 Å². The van der Waals surface area contributed by atoms with E-state index in [4.69, 9.17) is 25.5 Å². The van der Waals surface area contributed by atoms with Gasteiger partial charge in [-0.2, -0.15) is 0 Å². The quantitative estimate of drug-likeness (QED) is 0.711. The number of ether oxygens (including phenoxy) is 2. The van der Waals surface area contributed by atoms with Crippen molar-refractivity contribution in [3.8, 4) is 17.1 Å². The molecule has 1 heterocycles. The number of aliphatic hydroxyl groups is 1. The van der Waals surface area contributed by atoms with Gasteiger partial charge in [-0.05, 0) is 43.3 Å². The molecule has 0 aliphatic rings. The van der Waals surface area contributed by atoms with Crippen LogP contribution in [0.15, 0.2) is 57.7 Å². The summed E-state index contributed by atoms with van der Waals surface area (Å²) in [6.07, 6.45) is 0. The molecular formula is C18H15ClO5. The van der Waals surface area contributed by atoms with Crippen molar-refractivity contribution in [2.24, 2.45) is 0 Å². The smallest absolute Gasteiger partial charge is 0.313 e. The summed E-state index contributed by atoms with van der Waals surface area (Å²) >= 11 is 5.91. The first-order chi connectivity index (χ1) is 11.6. The molecule has 5 nitrogen and oxygen atoms in total. The van der Waals surface area contributed by atoms with Crippen LogP contribution in [0.3, 0.4) is 0 Å². The molecular weight excluding hydrogens is 332 g/mol. The summed E-state index contributed by atoms with van der Waals surface area (Å²) in [5.41, 5.74) is 0.632. The van der Waals surface area contributed by atoms with Gasteiger partial charge >= 0.3 is 6.48 Å². The van der Waals surface area contributed by atoms with E-state index in [-0.39, 0.29) is 23.5 Å². The first kappa shape index (κ1) is 16.5. The van der Waals surface area contributed by atoms with Crippen LogP contribution in [0.5, 0.6) is 5.75 Å². The number of para-hydroxylation sites is 1. The van der Waals surface area contributed by atoms with Gasteiger partial charge in [0.15, 0.2) is 5.76 Å². The molecule has 2 aromatic carbocycles. The number of aliphatic hydroxyl groups excluding tert-OH is 1. The Morgan fingerprint density at radius 3 is 2.58 bits per heavy atom. The molecule has 0 amide bonds. The summed E-state index contributed by atoms with van der Waals surface area (Å²) < 4.78 is 16.1. The second-order valence-electron chi connectivity index (χ2n) is 4.97. The van der Waals surface area contributed by atoms with Crippen molar-refractivity contribution in [3.05, 3.63) is 63.8 Å². The number of hydrogen-bond acceptors (Lipinski definition) is 5. The van der Waals surface area contributed by atoms with Gasteiger partial charge in [0.2, 0.25) is 11.2 Å². The SMILES string of the molecule is CCOC(O)Oc1c(-c2ccc(Cl)cc2)oc2ccccc2c1=O. The van der Waals surface area contributed by atoms with Gasteiger partial charge in [-0.1, -0.05) is 23.7 Å². The molecule has 1 N–H and O–H groups in total. The van der Waals surface area contributed by atoms with Crippen LogP contribution < -0.4 is 10.2 Å². The van der Waals surface area contributed by atoms with Crippen molar-refractivity contribution in [1.29, 1.82) is 0 Å². The zero-order chi connectivity index (χ0) is 17.1. The predicted octanol–water partition coefficient (Wildman–Crippen LogP) is 3.80. The Morgan fingerprint density at radius 2 is 1.88 bits per heavy atom. The van der Waals surface area contributed by atoms with Gasteiger partial charge in [0.1, 0.15) is 5.58 Å². The summed E-state index contributed by atoms with van der Waals surface area (Å²) in [5.74, 6) is 0.0890. The lowest BCUT2D eigenvalue weighted by Crippen LogP contribution is -2.23. The molecule has 124 valence electrons. The molecule has 1 atom stereocenters. The third kappa shape index (κ3) is 3.28. The maximum atomic E-state index is 12.8. The van der Waals surface area contributed by atoms with E-state index < -0.39 is 6.48 Å². The molecule has 3 rings (SSSR count). The van der Waals surface area contributed by atoms with Crippen molar-refractivity contribution in [2.75, 3.05) is 6.61 Å². The fourth-order valence-electron chi connectivity index (χ4n) is 2.30. The molecule has 0 aliphatic heterocycles. The maximum absolute atomic E-state index is 12.8. The Bertz CT molecular complexity index is 901. The lowest BCUT2D eigenvalue weighted by molar-refractivity contribution is -0.214. The molecule has 1 unspecified atom stereocenters. The molecule has 0 radical (unpaired) electrons. The lowest BCUT2D eigenvalue weighted by Gasteiger charge is -2.15. The van der Waals surface area contributed by atoms with Gasteiger partial charge in [-0.25, -0.2) is 0 Å². The predicted molar refractivity (Wildman–Crippen MR) is 91.2 cm³/mol. The van der Waals surface area contributed by atoms with Gasteiger partial charge in [0.05, 0.1) is 12.0 Å². The second-order valence-corrected chi connectivity index (χ2v) is 5.41.